The molecule has 0 radical (unpaired) electrons. The summed E-state index contributed by atoms with van der Waals surface area (Å²) in [6, 6.07) is 12.2. The zero-order chi connectivity index (χ0) is 24.4. The fraction of sp³-hybridized carbons (Fsp3) is 0.269. The summed E-state index contributed by atoms with van der Waals surface area (Å²) < 4.78 is 33.3. The van der Waals surface area contributed by atoms with Crippen molar-refractivity contribution in [2.24, 2.45) is 0 Å². The number of hydrogen-bond acceptors (Lipinski definition) is 8. The molecule has 8 heteroatoms. The molecule has 0 bridgehead atoms. The van der Waals surface area contributed by atoms with Crippen LogP contribution in [0.4, 0.5) is 0 Å². The summed E-state index contributed by atoms with van der Waals surface area (Å²) in [5, 5.41) is 11.6. The van der Waals surface area contributed by atoms with Gasteiger partial charge in [-0.1, -0.05) is 12.1 Å². The molecule has 0 amide bonds. The third kappa shape index (κ3) is 4.20. The highest BCUT2D eigenvalue weighted by Gasteiger charge is 2.17. The molecule has 1 aromatic heterocycles. The average Bonchev–Trinajstić information content (AvgIpc) is 2.85. The summed E-state index contributed by atoms with van der Waals surface area (Å²) in [7, 11) is 6.18. The van der Waals surface area contributed by atoms with Gasteiger partial charge in [-0.2, -0.15) is 0 Å². The van der Waals surface area contributed by atoms with Gasteiger partial charge in [0.25, 0.3) is 0 Å². The lowest BCUT2D eigenvalue weighted by atomic mass is 10.0. The molecule has 0 fully saturated rings. The molecule has 1 atom stereocenters. The standard InChI is InChI=1S/C26H26O8/c1-14(27)16-6-7-17-18-11-21(29-2)22(12-20(18)34-26(28)19(17)10-16)33-13-15-8-23(30-3)25(32-5)24(9-15)31-4/h6-12,14,27H,13H2,1-5H3. The lowest BCUT2D eigenvalue weighted by molar-refractivity contribution is 0.199. The first-order chi connectivity index (χ1) is 16.4. The third-order valence-corrected chi connectivity index (χ3v) is 5.62. The second-order valence-electron chi connectivity index (χ2n) is 7.69. The van der Waals surface area contributed by atoms with Gasteiger partial charge in [0.05, 0.1) is 39.9 Å². The van der Waals surface area contributed by atoms with E-state index in [1.807, 2.05) is 0 Å². The second kappa shape index (κ2) is 9.52. The van der Waals surface area contributed by atoms with Crippen LogP contribution in [0.5, 0.6) is 28.7 Å². The fourth-order valence-electron chi connectivity index (χ4n) is 3.87. The maximum atomic E-state index is 12.7. The maximum Gasteiger partial charge on any atom is 0.344 e. The van der Waals surface area contributed by atoms with Gasteiger partial charge in [-0.3, -0.25) is 0 Å². The Morgan fingerprint density at radius 1 is 0.794 bits per heavy atom. The van der Waals surface area contributed by atoms with Crippen LogP contribution in [0, 0.1) is 0 Å². The van der Waals surface area contributed by atoms with E-state index in [4.69, 9.17) is 28.1 Å². The summed E-state index contributed by atoms with van der Waals surface area (Å²) >= 11 is 0. The Hall–Kier alpha value is -3.91. The molecule has 8 nitrogen and oxygen atoms in total. The van der Waals surface area contributed by atoms with Gasteiger partial charge in [-0.15, -0.1) is 0 Å². The molecule has 0 aliphatic heterocycles. The van der Waals surface area contributed by atoms with E-state index in [9.17, 15) is 9.90 Å². The van der Waals surface area contributed by atoms with Crippen molar-refractivity contribution in [2.45, 2.75) is 19.6 Å². The molecule has 4 rings (SSSR count). The van der Waals surface area contributed by atoms with E-state index < -0.39 is 11.7 Å². The van der Waals surface area contributed by atoms with E-state index >= 15 is 0 Å². The van der Waals surface area contributed by atoms with Gasteiger partial charge < -0.3 is 33.2 Å². The van der Waals surface area contributed by atoms with Crippen molar-refractivity contribution in [3.8, 4) is 28.7 Å². The van der Waals surface area contributed by atoms with Gasteiger partial charge in [0.2, 0.25) is 5.75 Å². The first-order valence-electron chi connectivity index (χ1n) is 10.6. The molecular weight excluding hydrogens is 440 g/mol. The highest BCUT2D eigenvalue weighted by molar-refractivity contribution is 6.05. The number of aliphatic hydroxyl groups is 1. The minimum Gasteiger partial charge on any atom is -0.493 e. The number of fused-ring (bicyclic) bond motifs is 3. The molecule has 1 heterocycles. The highest BCUT2D eigenvalue weighted by Crippen LogP contribution is 2.39. The van der Waals surface area contributed by atoms with Crippen LogP contribution in [0.25, 0.3) is 21.7 Å². The summed E-state index contributed by atoms with van der Waals surface area (Å²) in [4.78, 5) is 12.7. The van der Waals surface area contributed by atoms with Crippen molar-refractivity contribution in [1.82, 2.24) is 0 Å². The predicted molar refractivity (Wildman–Crippen MR) is 128 cm³/mol. The molecule has 3 aromatic carbocycles. The smallest absolute Gasteiger partial charge is 0.344 e. The van der Waals surface area contributed by atoms with Crippen LogP contribution >= 0.6 is 0 Å². The second-order valence-corrected chi connectivity index (χ2v) is 7.69. The molecule has 0 saturated carbocycles. The summed E-state index contributed by atoms with van der Waals surface area (Å²) in [6.07, 6.45) is -0.694. The number of aliphatic hydroxyl groups excluding tert-OH is 1. The molecule has 4 aromatic rings. The first kappa shape index (κ1) is 23.3. The van der Waals surface area contributed by atoms with Gasteiger partial charge >= 0.3 is 5.63 Å². The molecule has 0 aliphatic rings. The first-order valence-corrected chi connectivity index (χ1v) is 10.6. The molecule has 178 valence electrons. The van der Waals surface area contributed by atoms with Gasteiger partial charge in [-0.25, -0.2) is 4.79 Å². The van der Waals surface area contributed by atoms with E-state index in [0.717, 1.165) is 5.56 Å². The number of methoxy groups -OCH3 is 4. The lowest BCUT2D eigenvalue weighted by Gasteiger charge is -2.16. The zero-order valence-electron chi connectivity index (χ0n) is 19.6. The lowest BCUT2D eigenvalue weighted by Crippen LogP contribution is -2.03. The van der Waals surface area contributed by atoms with Crippen LogP contribution in [0.2, 0.25) is 0 Å². The molecule has 0 aliphatic carbocycles. The van der Waals surface area contributed by atoms with E-state index in [1.165, 1.54) is 0 Å². The van der Waals surface area contributed by atoms with Crippen LogP contribution in [0.3, 0.4) is 0 Å². The van der Waals surface area contributed by atoms with E-state index in [1.54, 1.807) is 77.8 Å². The Morgan fingerprint density at radius 2 is 1.47 bits per heavy atom. The van der Waals surface area contributed by atoms with Crippen molar-refractivity contribution in [3.05, 3.63) is 64.0 Å². The monoisotopic (exact) mass is 466 g/mol. The minimum atomic E-state index is -0.694. The maximum absolute atomic E-state index is 12.7. The van der Waals surface area contributed by atoms with Crippen LogP contribution in [0.1, 0.15) is 24.2 Å². The highest BCUT2D eigenvalue weighted by atomic mass is 16.5. The van der Waals surface area contributed by atoms with Gasteiger partial charge in [0.15, 0.2) is 23.0 Å². The van der Waals surface area contributed by atoms with E-state index in [0.29, 0.717) is 56.1 Å². The molecule has 1 unspecified atom stereocenters. The van der Waals surface area contributed by atoms with Gasteiger partial charge in [0, 0.05) is 16.8 Å². The average molecular weight is 466 g/mol. The number of hydrogen-bond donors (Lipinski definition) is 1. The third-order valence-electron chi connectivity index (χ3n) is 5.62. The molecule has 0 saturated heterocycles. The van der Waals surface area contributed by atoms with E-state index in [2.05, 4.69) is 0 Å². The number of benzene rings is 3. The Kier molecular flexibility index (Phi) is 6.51. The molecule has 1 N–H and O–H groups in total. The fourth-order valence-corrected chi connectivity index (χ4v) is 3.87. The normalized spacial score (nSPS) is 11.9. The van der Waals surface area contributed by atoms with Crippen LogP contribution in [0.15, 0.2) is 51.7 Å². The SMILES string of the molecule is COc1cc2c(cc1OCc1cc(OC)c(OC)c(OC)c1)oc(=O)c1cc(C(C)O)ccc12. The van der Waals surface area contributed by atoms with Gasteiger partial charge in [0.1, 0.15) is 12.2 Å². The summed E-state index contributed by atoms with van der Waals surface area (Å²) in [6.45, 7) is 1.82. The van der Waals surface area contributed by atoms with Crippen molar-refractivity contribution in [2.75, 3.05) is 28.4 Å². The Bertz CT molecular complexity index is 1380. The summed E-state index contributed by atoms with van der Waals surface area (Å²) in [5.74, 6) is 2.41. The van der Waals surface area contributed by atoms with Crippen molar-refractivity contribution >= 4 is 21.7 Å². The Labute approximate surface area is 196 Å². The number of rotatable bonds is 8. The van der Waals surface area contributed by atoms with Crippen LogP contribution in [-0.4, -0.2) is 33.5 Å². The molecule has 34 heavy (non-hydrogen) atoms. The Morgan fingerprint density at radius 3 is 2.06 bits per heavy atom. The predicted octanol–water partition coefficient (Wildman–Crippen LogP) is 4.61. The topological polar surface area (TPSA) is 96.6 Å². The summed E-state index contributed by atoms with van der Waals surface area (Å²) in [5.41, 5.74) is 1.28. The zero-order valence-corrected chi connectivity index (χ0v) is 19.6. The van der Waals surface area contributed by atoms with Crippen molar-refractivity contribution in [3.63, 3.8) is 0 Å². The largest absolute Gasteiger partial charge is 0.493 e. The van der Waals surface area contributed by atoms with Gasteiger partial charge in [-0.05, 0) is 42.3 Å². The minimum absolute atomic E-state index is 0.175. The molecule has 0 spiro atoms. The van der Waals surface area contributed by atoms with E-state index in [-0.39, 0.29) is 6.61 Å². The van der Waals surface area contributed by atoms with Crippen LogP contribution < -0.4 is 29.3 Å². The van der Waals surface area contributed by atoms with Crippen molar-refractivity contribution in [1.29, 1.82) is 0 Å². The van der Waals surface area contributed by atoms with Crippen LogP contribution in [-0.2, 0) is 6.61 Å². The van der Waals surface area contributed by atoms with Crippen molar-refractivity contribution < 1.29 is 33.2 Å². The Balaban J connectivity index is 1.74. The molecular formula is C26H26O8. The number of ether oxygens (including phenoxy) is 5. The quantitative estimate of drug-likeness (QED) is 0.297.